The molecule has 0 radical (unpaired) electrons. The summed E-state index contributed by atoms with van der Waals surface area (Å²) in [4.78, 5) is 4.20. The molecule has 0 atom stereocenters. The number of nitrogens with one attached hydrogen (secondary N) is 1. The summed E-state index contributed by atoms with van der Waals surface area (Å²) in [6.45, 7) is 2.70. The molecular weight excluding hydrogens is 184 g/mol. The van der Waals surface area contributed by atoms with E-state index >= 15 is 0 Å². The normalized spacial score (nSPS) is 10.6. The molecule has 5 heteroatoms. The molecule has 1 aromatic rings. The first-order valence-electron chi connectivity index (χ1n) is 4.55. The van der Waals surface area contributed by atoms with Crippen LogP contribution in [0.15, 0.2) is 5.16 Å². The van der Waals surface area contributed by atoms with Gasteiger partial charge in [0.25, 0.3) is 0 Å². The van der Waals surface area contributed by atoms with E-state index in [0.29, 0.717) is 0 Å². The van der Waals surface area contributed by atoms with Crippen molar-refractivity contribution in [3.8, 4) is 0 Å². The van der Waals surface area contributed by atoms with Crippen molar-refractivity contribution in [3.63, 3.8) is 0 Å². The van der Waals surface area contributed by atoms with Gasteiger partial charge in [0.05, 0.1) is 0 Å². The zero-order chi connectivity index (χ0) is 9.52. The quantitative estimate of drug-likeness (QED) is 0.537. The van der Waals surface area contributed by atoms with Crippen molar-refractivity contribution >= 4 is 11.8 Å². The number of hydrogen-bond donors (Lipinski definition) is 2. The Hall–Kier alpha value is -0.550. The molecule has 1 heterocycles. The summed E-state index contributed by atoms with van der Waals surface area (Å²) in [5.41, 5.74) is 5.39. The van der Waals surface area contributed by atoms with Gasteiger partial charge in [-0.1, -0.05) is 18.2 Å². The molecule has 74 valence electrons. The van der Waals surface area contributed by atoms with Crippen LogP contribution in [0.5, 0.6) is 0 Å². The lowest BCUT2D eigenvalue weighted by molar-refractivity contribution is 0.731. The van der Waals surface area contributed by atoms with E-state index in [4.69, 9.17) is 5.73 Å². The van der Waals surface area contributed by atoms with E-state index in [0.717, 1.165) is 29.7 Å². The third-order valence-corrected chi connectivity index (χ3v) is 2.59. The summed E-state index contributed by atoms with van der Waals surface area (Å²) in [6, 6.07) is 0. The Morgan fingerprint density at radius 3 is 2.85 bits per heavy atom. The van der Waals surface area contributed by atoms with Crippen LogP contribution in [-0.4, -0.2) is 27.5 Å². The summed E-state index contributed by atoms with van der Waals surface area (Å²) < 4.78 is 0. The van der Waals surface area contributed by atoms with Crippen molar-refractivity contribution in [1.29, 1.82) is 0 Å². The van der Waals surface area contributed by atoms with Crippen LogP contribution < -0.4 is 5.73 Å². The van der Waals surface area contributed by atoms with Gasteiger partial charge in [0.15, 0.2) is 0 Å². The predicted molar refractivity (Wildman–Crippen MR) is 54.7 cm³/mol. The number of hydrogen-bond acceptors (Lipinski definition) is 4. The Morgan fingerprint density at radius 1 is 1.38 bits per heavy atom. The number of nitrogens with zero attached hydrogens (tertiary/aromatic N) is 2. The Kier molecular flexibility index (Phi) is 4.85. The van der Waals surface area contributed by atoms with E-state index in [9.17, 15) is 0 Å². The van der Waals surface area contributed by atoms with Crippen LogP contribution in [0, 0.1) is 6.92 Å². The lowest BCUT2D eigenvalue weighted by atomic mass is 10.2. The largest absolute Gasteiger partial charge is 0.330 e. The topological polar surface area (TPSA) is 67.6 Å². The maximum atomic E-state index is 5.39. The molecule has 0 saturated heterocycles. The first-order valence-corrected chi connectivity index (χ1v) is 5.53. The zero-order valence-corrected chi connectivity index (χ0v) is 8.73. The maximum Gasteiger partial charge on any atom is 0.208 e. The average molecular weight is 200 g/mol. The molecule has 0 aromatic carbocycles. The lowest BCUT2D eigenvalue weighted by Crippen LogP contribution is -1.97. The molecule has 0 spiro atoms. The van der Waals surface area contributed by atoms with Gasteiger partial charge >= 0.3 is 0 Å². The fourth-order valence-corrected chi connectivity index (χ4v) is 1.82. The number of rotatable bonds is 6. The van der Waals surface area contributed by atoms with Gasteiger partial charge in [0, 0.05) is 5.75 Å². The van der Waals surface area contributed by atoms with Gasteiger partial charge in [-0.25, -0.2) is 4.98 Å². The molecular formula is C8H16N4S. The van der Waals surface area contributed by atoms with Crippen molar-refractivity contribution in [3.05, 3.63) is 5.82 Å². The van der Waals surface area contributed by atoms with Gasteiger partial charge in [-0.15, -0.1) is 5.10 Å². The van der Waals surface area contributed by atoms with E-state index in [1.165, 1.54) is 12.8 Å². The number of thioether (sulfide) groups is 1. The van der Waals surface area contributed by atoms with E-state index in [-0.39, 0.29) is 0 Å². The minimum absolute atomic E-state index is 0.796. The molecule has 0 aliphatic carbocycles. The first kappa shape index (κ1) is 10.5. The molecule has 0 saturated carbocycles. The first-order chi connectivity index (χ1) is 6.33. The molecule has 0 amide bonds. The number of unbranched alkanes of at least 4 members (excludes halogenated alkanes) is 2. The van der Waals surface area contributed by atoms with E-state index < -0.39 is 0 Å². The van der Waals surface area contributed by atoms with Crippen LogP contribution in [0.1, 0.15) is 25.1 Å². The summed E-state index contributed by atoms with van der Waals surface area (Å²) in [6.07, 6.45) is 3.51. The molecule has 0 unspecified atom stereocenters. The molecule has 4 nitrogen and oxygen atoms in total. The van der Waals surface area contributed by atoms with Gasteiger partial charge < -0.3 is 5.73 Å². The Bertz CT molecular complexity index is 236. The summed E-state index contributed by atoms with van der Waals surface area (Å²) in [5.74, 6) is 1.96. The highest BCUT2D eigenvalue weighted by molar-refractivity contribution is 7.99. The SMILES string of the molecule is Cc1nc(SCCCCCN)n[nH]1. The molecule has 0 fully saturated rings. The summed E-state index contributed by atoms with van der Waals surface area (Å²) >= 11 is 1.70. The molecule has 1 aromatic heterocycles. The molecule has 1 rings (SSSR count). The minimum atomic E-state index is 0.796. The van der Waals surface area contributed by atoms with Crippen molar-refractivity contribution in [1.82, 2.24) is 15.2 Å². The van der Waals surface area contributed by atoms with Gasteiger partial charge in [0.1, 0.15) is 5.82 Å². The van der Waals surface area contributed by atoms with Crippen molar-refractivity contribution in [2.75, 3.05) is 12.3 Å². The minimum Gasteiger partial charge on any atom is -0.330 e. The Balaban J connectivity index is 2.06. The third-order valence-electron chi connectivity index (χ3n) is 1.66. The van der Waals surface area contributed by atoms with Crippen LogP contribution >= 0.6 is 11.8 Å². The van der Waals surface area contributed by atoms with Gasteiger partial charge in [0.2, 0.25) is 5.16 Å². The van der Waals surface area contributed by atoms with Crippen LogP contribution in [0.2, 0.25) is 0 Å². The second-order valence-corrected chi connectivity index (χ2v) is 3.96. The van der Waals surface area contributed by atoms with Crippen molar-refractivity contribution in [2.24, 2.45) is 5.73 Å². The lowest BCUT2D eigenvalue weighted by Gasteiger charge is -1.96. The monoisotopic (exact) mass is 200 g/mol. The Labute approximate surface area is 82.7 Å². The summed E-state index contributed by atoms with van der Waals surface area (Å²) in [7, 11) is 0. The molecule has 0 aliphatic heterocycles. The second-order valence-electron chi connectivity index (χ2n) is 2.90. The van der Waals surface area contributed by atoms with E-state index in [1.54, 1.807) is 11.8 Å². The molecule has 3 N–H and O–H groups in total. The highest BCUT2D eigenvalue weighted by Crippen LogP contribution is 2.14. The van der Waals surface area contributed by atoms with Gasteiger partial charge in [-0.3, -0.25) is 5.10 Å². The molecule has 13 heavy (non-hydrogen) atoms. The summed E-state index contributed by atoms with van der Waals surface area (Å²) in [5, 5.41) is 7.71. The predicted octanol–water partition coefficient (Wildman–Crippen LogP) is 1.33. The zero-order valence-electron chi connectivity index (χ0n) is 7.92. The standard InChI is InChI=1S/C8H16N4S/c1-7-10-8(12-11-7)13-6-4-2-3-5-9/h2-6,9H2,1H3,(H,10,11,12). The van der Waals surface area contributed by atoms with E-state index in [2.05, 4.69) is 15.2 Å². The Morgan fingerprint density at radius 2 is 2.23 bits per heavy atom. The average Bonchev–Trinajstić information content (AvgIpc) is 2.51. The highest BCUT2D eigenvalue weighted by atomic mass is 32.2. The van der Waals surface area contributed by atoms with E-state index in [1.807, 2.05) is 6.92 Å². The third kappa shape index (κ3) is 4.28. The van der Waals surface area contributed by atoms with Crippen molar-refractivity contribution in [2.45, 2.75) is 31.3 Å². The van der Waals surface area contributed by atoms with Crippen LogP contribution in [0.3, 0.4) is 0 Å². The highest BCUT2D eigenvalue weighted by Gasteiger charge is 1.98. The number of aryl methyl sites for hydroxylation is 1. The smallest absolute Gasteiger partial charge is 0.208 e. The number of aromatic nitrogens is 3. The van der Waals surface area contributed by atoms with Crippen molar-refractivity contribution < 1.29 is 0 Å². The fourth-order valence-electron chi connectivity index (χ4n) is 0.973. The maximum absolute atomic E-state index is 5.39. The number of H-pyrrole nitrogens is 1. The molecule has 0 bridgehead atoms. The van der Waals surface area contributed by atoms with Gasteiger partial charge in [-0.2, -0.15) is 0 Å². The molecule has 0 aliphatic rings. The number of aromatic amines is 1. The van der Waals surface area contributed by atoms with Gasteiger partial charge in [-0.05, 0) is 26.3 Å². The van der Waals surface area contributed by atoms with Crippen LogP contribution in [0.4, 0.5) is 0 Å². The van der Waals surface area contributed by atoms with Crippen LogP contribution in [-0.2, 0) is 0 Å². The fraction of sp³-hybridized carbons (Fsp3) is 0.750. The van der Waals surface area contributed by atoms with Crippen LogP contribution in [0.25, 0.3) is 0 Å². The number of nitrogens with two attached hydrogens (primary N) is 1. The second kappa shape index (κ2) is 5.99.